The Kier molecular flexibility index (Phi) is 6.97. The van der Waals surface area contributed by atoms with E-state index in [1.165, 1.54) is 30.5 Å². The van der Waals surface area contributed by atoms with Crippen molar-refractivity contribution in [3.63, 3.8) is 0 Å². The summed E-state index contributed by atoms with van der Waals surface area (Å²) in [6.07, 6.45) is -2.39. The fourth-order valence-corrected chi connectivity index (χ4v) is 2.21. The number of alkyl halides is 3. The fraction of sp³-hybridized carbons (Fsp3) is 0.316. The van der Waals surface area contributed by atoms with Crippen molar-refractivity contribution in [2.24, 2.45) is 0 Å². The summed E-state index contributed by atoms with van der Waals surface area (Å²) in [5, 5.41) is 5.34. The third-order valence-electron chi connectivity index (χ3n) is 3.83. The number of rotatable bonds is 7. The first-order valence-electron chi connectivity index (χ1n) is 8.56. The smallest absolute Gasteiger partial charge is 0.416 e. The van der Waals surface area contributed by atoms with Crippen LogP contribution < -0.4 is 10.6 Å². The molecule has 2 N–H and O–H groups in total. The molecule has 2 aromatic rings. The highest BCUT2D eigenvalue weighted by Crippen LogP contribution is 2.31. The topological polar surface area (TPSA) is 80.3 Å². The molecule has 0 spiro atoms. The summed E-state index contributed by atoms with van der Waals surface area (Å²) in [7, 11) is 0. The summed E-state index contributed by atoms with van der Waals surface area (Å²) >= 11 is 0. The van der Waals surface area contributed by atoms with Crippen molar-refractivity contribution in [1.29, 1.82) is 0 Å². The number of nitrogens with zero attached hydrogens (tertiary/aromatic N) is 1. The van der Waals surface area contributed by atoms with Crippen LogP contribution in [0.25, 0.3) is 0 Å². The number of aromatic nitrogens is 1. The van der Waals surface area contributed by atoms with Crippen molar-refractivity contribution >= 4 is 23.4 Å². The molecular weight excluding hydrogens is 375 g/mol. The van der Waals surface area contributed by atoms with E-state index in [-0.39, 0.29) is 23.1 Å². The SMILES string of the molecule is CC[C@H](C)NC(=O)COC(=O)c1cccnc1Nc1cccc(C(F)(F)F)c1. The van der Waals surface area contributed by atoms with E-state index in [2.05, 4.69) is 15.6 Å². The van der Waals surface area contributed by atoms with E-state index >= 15 is 0 Å². The van der Waals surface area contributed by atoms with E-state index in [4.69, 9.17) is 4.74 Å². The van der Waals surface area contributed by atoms with Gasteiger partial charge in [-0.25, -0.2) is 9.78 Å². The Morgan fingerprint density at radius 3 is 2.64 bits per heavy atom. The molecule has 0 unspecified atom stereocenters. The lowest BCUT2D eigenvalue weighted by Gasteiger charge is -2.13. The summed E-state index contributed by atoms with van der Waals surface area (Å²) in [6, 6.07) is 7.33. The number of halogens is 3. The Morgan fingerprint density at radius 1 is 1.21 bits per heavy atom. The van der Waals surface area contributed by atoms with Crippen LogP contribution in [0.1, 0.15) is 36.2 Å². The van der Waals surface area contributed by atoms with E-state index in [1.54, 1.807) is 0 Å². The molecule has 0 saturated heterocycles. The van der Waals surface area contributed by atoms with Crippen molar-refractivity contribution in [2.45, 2.75) is 32.5 Å². The zero-order valence-electron chi connectivity index (χ0n) is 15.3. The first-order valence-corrected chi connectivity index (χ1v) is 8.56. The van der Waals surface area contributed by atoms with Gasteiger partial charge in [-0.05, 0) is 43.7 Å². The average Bonchev–Trinajstić information content (AvgIpc) is 2.66. The van der Waals surface area contributed by atoms with E-state index in [1.807, 2.05) is 13.8 Å². The van der Waals surface area contributed by atoms with Crippen molar-refractivity contribution in [2.75, 3.05) is 11.9 Å². The van der Waals surface area contributed by atoms with Crippen molar-refractivity contribution in [1.82, 2.24) is 10.3 Å². The van der Waals surface area contributed by atoms with Crippen LogP contribution in [-0.4, -0.2) is 29.5 Å². The van der Waals surface area contributed by atoms with E-state index in [0.29, 0.717) is 0 Å². The highest BCUT2D eigenvalue weighted by molar-refractivity contribution is 5.96. The van der Waals surface area contributed by atoms with Crippen molar-refractivity contribution in [3.05, 3.63) is 53.7 Å². The van der Waals surface area contributed by atoms with Gasteiger partial charge in [-0.3, -0.25) is 4.79 Å². The lowest BCUT2D eigenvalue weighted by atomic mass is 10.2. The first kappa shape index (κ1) is 21.2. The first-order chi connectivity index (χ1) is 13.2. The molecule has 1 aromatic heterocycles. The molecule has 0 radical (unpaired) electrons. The van der Waals surface area contributed by atoms with Crippen LogP contribution in [0.4, 0.5) is 24.7 Å². The van der Waals surface area contributed by atoms with Gasteiger partial charge in [0, 0.05) is 17.9 Å². The summed E-state index contributed by atoms with van der Waals surface area (Å²) in [5.74, 6) is -1.24. The number of nitrogens with one attached hydrogen (secondary N) is 2. The van der Waals surface area contributed by atoms with Crippen LogP contribution in [0.15, 0.2) is 42.6 Å². The summed E-state index contributed by atoms with van der Waals surface area (Å²) in [5.41, 5.74) is -0.729. The molecular formula is C19H20F3N3O3. The van der Waals surface area contributed by atoms with Crippen LogP contribution in [0.3, 0.4) is 0 Å². The van der Waals surface area contributed by atoms with Gasteiger partial charge in [0.05, 0.1) is 5.56 Å². The van der Waals surface area contributed by atoms with Gasteiger partial charge in [-0.15, -0.1) is 0 Å². The lowest BCUT2D eigenvalue weighted by molar-refractivity contribution is -0.137. The van der Waals surface area contributed by atoms with Crippen LogP contribution in [-0.2, 0) is 15.7 Å². The molecule has 9 heteroatoms. The van der Waals surface area contributed by atoms with E-state index < -0.39 is 30.2 Å². The fourth-order valence-electron chi connectivity index (χ4n) is 2.21. The zero-order chi connectivity index (χ0) is 20.7. The van der Waals surface area contributed by atoms with Gasteiger partial charge in [-0.1, -0.05) is 13.0 Å². The number of carbonyl (C=O) groups excluding carboxylic acids is 2. The van der Waals surface area contributed by atoms with Gasteiger partial charge in [-0.2, -0.15) is 13.2 Å². The second-order valence-corrected chi connectivity index (χ2v) is 6.06. The van der Waals surface area contributed by atoms with Gasteiger partial charge in [0.15, 0.2) is 6.61 Å². The normalized spacial score (nSPS) is 12.2. The number of carbonyl (C=O) groups is 2. The molecule has 6 nitrogen and oxygen atoms in total. The Hall–Kier alpha value is -3.10. The number of hydrogen-bond acceptors (Lipinski definition) is 5. The maximum atomic E-state index is 12.9. The number of ether oxygens (including phenoxy) is 1. The number of benzene rings is 1. The van der Waals surface area contributed by atoms with Crippen molar-refractivity contribution in [3.8, 4) is 0 Å². The van der Waals surface area contributed by atoms with Crippen molar-refractivity contribution < 1.29 is 27.5 Å². The quantitative estimate of drug-likeness (QED) is 0.695. The second-order valence-electron chi connectivity index (χ2n) is 6.06. The molecule has 0 aliphatic rings. The summed E-state index contributed by atoms with van der Waals surface area (Å²) < 4.78 is 43.5. The number of anilines is 2. The van der Waals surface area contributed by atoms with Gasteiger partial charge >= 0.3 is 12.1 Å². The zero-order valence-corrected chi connectivity index (χ0v) is 15.3. The van der Waals surface area contributed by atoms with Crippen LogP contribution in [0.5, 0.6) is 0 Å². The molecule has 0 fully saturated rings. The molecule has 1 atom stereocenters. The highest BCUT2D eigenvalue weighted by atomic mass is 19.4. The Labute approximate surface area is 160 Å². The molecule has 1 amide bonds. The summed E-state index contributed by atoms with van der Waals surface area (Å²) in [4.78, 5) is 28.0. The van der Waals surface area contributed by atoms with Gasteiger partial charge in [0.1, 0.15) is 11.4 Å². The maximum Gasteiger partial charge on any atom is 0.416 e. The minimum absolute atomic E-state index is 0.00347. The second kappa shape index (κ2) is 9.20. The summed E-state index contributed by atoms with van der Waals surface area (Å²) in [6.45, 7) is 3.25. The monoisotopic (exact) mass is 395 g/mol. The molecule has 0 saturated carbocycles. The molecule has 28 heavy (non-hydrogen) atoms. The number of amides is 1. The van der Waals surface area contributed by atoms with Crippen LogP contribution in [0, 0.1) is 0 Å². The van der Waals surface area contributed by atoms with Gasteiger partial charge < -0.3 is 15.4 Å². The highest BCUT2D eigenvalue weighted by Gasteiger charge is 2.30. The molecule has 0 aliphatic carbocycles. The Balaban J connectivity index is 2.10. The minimum Gasteiger partial charge on any atom is -0.452 e. The Morgan fingerprint density at radius 2 is 1.96 bits per heavy atom. The number of hydrogen-bond donors (Lipinski definition) is 2. The minimum atomic E-state index is -4.49. The molecule has 150 valence electrons. The molecule has 0 bridgehead atoms. The Bertz CT molecular complexity index is 840. The van der Waals surface area contributed by atoms with Gasteiger partial charge in [0.2, 0.25) is 0 Å². The van der Waals surface area contributed by atoms with E-state index in [9.17, 15) is 22.8 Å². The molecule has 1 heterocycles. The molecule has 2 rings (SSSR count). The average molecular weight is 395 g/mol. The largest absolute Gasteiger partial charge is 0.452 e. The predicted molar refractivity (Wildman–Crippen MR) is 97.1 cm³/mol. The number of esters is 1. The predicted octanol–water partition coefficient (Wildman–Crippen LogP) is 3.92. The van der Waals surface area contributed by atoms with Gasteiger partial charge in [0.25, 0.3) is 5.91 Å². The number of pyridine rings is 1. The maximum absolute atomic E-state index is 12.9. The van der Waals surface area contributed by atoms with Crippen LogP contribution in [0.2, 0.25) is 0 Å². The standard InChI is InChI=1S/C19H20F3N3O3/c1-3-12(2)24-16(26)11-28-18(27)15-8-5-9-23-17(15)25-14-7-4-6-13(10-14)19(20,21)22/h4-10,12H,3,11H2,1-2H3,(H,23,25)(H,24,26)/t12-/m0/s1. The molecule has 1 aromatic carbocycles. The van der Waals surface area contributed by atoms with Crippen LogP contribution >= 0.6 is 0 Å². The lowest BCUT2D eigenvalue weighted by Crippen LogP contribution is -2.35. The van der Waals surface area contributed by atoms with E-state index in [0.717, 1.165) is 18.6 Å². The third kappa shape index (κ3) is 5.97. The third-order valence-corrected chi connectivity index (χ3v) is 3.83. The molecule has 0 aliphatic heterocycles.